The average molecular weight is 142 g/mol. The molecular weight excluding hydrogens is 136 g/mol. The largest absolute Gasteiger partial charge is 0.473 e. The molecule has 1 N–H and O–H groups in total. The van der Waals surface area contributed by atoms with Gasteiger partial charge in [0.25, 0.3) is 0 Å². The highest BCUT2D eigenvalue weighted by Gasteiger charge is 2.00. The molecule has 0 spiro atoms. The van der Waals surface area contributed by atoms with Crippen molar-refractivity contribution in [3.8, 4) is 0 Å². The van der Waals surface area contributed by atoms with Crippen LogP contribution in [-0.2, 0) is 17.2 Å². The van der Waals surface area contributed by atoms with E-state index < -0.39 is 0 Å². The van der Waals surface area contributed by atoms with Crippen LogP contribution in [0, 0.1) is 0 Å². The van der Waals surface area contributed by atoms with Crippen LogP contribution in [0.5, 0.6) is 0 Å². The summed E-state index contributed by atoms with van der Waals surface area (Å²) in [5.41, 5.74) is 2.56. The molecule has 1 rings (SSSR count). The lowest BCUT2D eigenvalue weighted by atomic mass is 10.4. The van der Waals surface area contributed by atoms with Crippen molar-refractivity contribution in [2.75, 3.05) is 0 Å². The molecule has 4 heteroatoms. The molecule has 0 saturated carbocycles. The highest BCUT2D eigenvalue weighted by atomic mass is 32.1. The second-order valence-corrected chi connectivity index (χ2v) is 1.67. The average Bonchev–Trinajstić information content (AvgIpc) is 1.91. The lowest BCUT2D eigenvalue weighted by molar-refractivity contribution is 0.153. The number of allylic oxidation sites excluding steroid dienone is 2. The standard InChI is InChI=1S/C5H6N2OS/c9-7-6-5-3-1-2-4-8-5/h1-5H,(H,6,9)/t5-/m1/s1. The van der Waals surface area contributed by atoms with Gasteiger partial charge in [-0.15, -0.1) is 4.47 Å². The summed E-state index contributed by atoms with van der Waals surface area (Å²) in [5, 5.41) is 0. The highest BCUT2D eigenvalue weighted by molar-refractivity contribution is 7.47. The fraction of sp³-hybridized carbons (Fsp3) is 0.200. The Morgan fingerprint density at radius 2 is 2.44 bits per heavy atom. The summed E-state index contributed by atoms with van der Waals surface area (Å²) in [6.07, 6.45) is 6.87. The van der Waals surface area contributed by atoms with Crippen LogP contribution in [0.2, 0.25) is 0 Å². The van der Waals surface area contributed by atoms with Gasteiger partial charge in [-0.25, -0.2) is 0 Å². The first-order chi connectivity index (χ1) is 4.43. The van der Waals surface area contributed by atoms with Crippen molar-refractivity contribution in [3.63, 3.8) is 0 Å². The summed E-state index contributed by atoms with van der Waals surface area (Å²) in [4.78, 5) is 0. The maximum atomic E-state index is 4.98. The minimum atomic E-state index is -0.188. The first-order valence-electron chi connectivity index (χ1n) is 2.50. The Labute approximate surface area is 58.5 Å². The first-order valence-corrected chi connectivity index (χ1v) is 2.86. The SMILES string of the molecule is S=NN[C@H]1C=CC=CO1. The van der Waals surface area contributed by atoms with Crippen LogP contribution >= 0.6 is 0 Å². The molecule has 0 aliphatic carbocycles. The van der Waals surface area contributed by atoms with Gasteiger partial charge in [0.05, 0.1) is 18.7 Å². The molecule has 1 aliphatic rings. The van der Waals surface area contributed by atoms with E-state index >= 15 is 0 Å². The fourth-order valence-electron chi connectivity index (χ4n) is 0.511. The summed E-state index contributed by atoms with van der Waals surface area (Å²) in [6, 6.07) is 0. The van der Waals surface area contributed by atoms with Gasteiger partial charge in [0.1, 0.15) is 0 Å². The second kappa shape index (κ2) is 3.19. The number of hydrogen-bond acceptors (Lipinski definition) is 3. The van der Waals surface area contributed by atoms with Gasteiger partial charge in [0, 0.05) is 0 Å². The zero-order valence-corrected chi connectivity index (χ0v) is 5.47. The molecule has 9 heavy (non-hydrogen) atoms. The Morgan fingerprint density at radius 3 is 3.00 bits per heavy atom. The molecule has 0 fully saturated rings. The molecule has 48 valence electrons. The predicted octanol–water partition coefficient (Wildman–Crippen LogP) is 0.648. The first kappa shape index (κ1) is 6.22. The Balaban J connectivity index is 2.36. The lowest BCUT2D eigenvalue weighted by Gasteiger charge is -2.12. The number of nitrogens with one attached hydrogen (secondary N) is 1. The zero-order chi connectivity index (χ0) is 6.53. The van der Waals surface area contributed by atoms with Crippen molar-refractivity contribution in [1.29, 1.82) is 0 Å². The van der Waals surface area contributed by atoms with Crippen LogP contribution in [0.3, 0.4) is 0 Å². The Hall–Kier alpha value is -0.900. The van der Waals surface area contributed by atoms with E-state index in [9.17, 15) is 0 Å². The third-order valence-electron chi connectivity index (χ3n) is 0.881. The molecule has 3 nitrogen and oxygen atoms in total. The van der Waals surface area contributed by atoms with Crippen LogP contribution in [0.15, 0.2) is 29.0 Å². The Morgan fingerprint density at radius 1 is 1.56 bits per heavy atom. The zero-order valence-electron chi connectivity index (χ0n) is 4.65. The van der Waals surface area contributed by atoms with Gasteiger partial charge in [-0.3, -0.25) is 5.43 Å². The lowest BCUT2D eigenvalue weighted by Crippen LogP contribution is -2.23. The number of nitrogens with zero attached hydrogens (tertiary/aromatic N) is 1. The molecule has 1 atom stereocenters. The number of ether oxygens (including phenoxy) is 1. The van der Waals surface area contributed by atoms with Gasteiger partial charge >= 0.3 is 0 Å². The molecule has 0 aromatic rings. The van der Waals surface area contributed by atoms with Crippen molar-refractivity contribution in [2.45, 2.75) is 6.23 Å². The molecular formula is C5H6N2OS. The topological polar surface area (TPSA) is 33.6 Å². The summed E-state index contributed by atoms with van der Waals surface area (Å²) in [6.45, 7) is 0. The van der Waals surface area contributed by atoms with Gasteiger partial charge in [-0.1, -0.05) is 6.08 Å². The van der Waals surface area contributed by atoms with Crippen LogP contribution in [-0.4, -0.2) is 6.23 Å². The molecule has 0 bridgehead atoms. The maximum Gasteiger partial charge on any atom is 0.204 e. The van der Waals surface area contributed by atoms with Crippen LogP contribution in [0.4, 0.5) is 0 Å². The summed E-state index contributed by atoms with van der Waals surface area (Å²) in [7, 11) is 0. The summed E-state index contributed by atoms with van der Waals surface area (Å²) < 4.78 is 8.26. The van der Waals surface area contributed by atoms with Crippen molar-refractivity contribution in [2.24, 2.45) is 4.47 Å². The molecule has 1 aliphatic heterocycles. The second-order valence-electron chi connectivity index (χ2n) is 1.49. The number of rotatable bonds is 2. The van der Waals surface area contributed by atoms with Crippen LogP contribution < -0.4 is 5.43 Å². The van der Waals surface area contributed by atoms with Crippen molar-refractivity contribution < 1.29 is 4.74 Å². The van der Waals surface area contributed by atoms with Crippen molar-refractivity contribution in [1.82, 2.24) is 5.43 Å². The van der Waals surface area contributed by atoms with E-state index in [0.29, 0.717) is 0 Å². The van der Waals surface area contributed by atoms with Gasteiger partial charge in [0.2, 0.25) is 6.23 Å². The van der Waals surface area contributed by atoms with E-state index in [0.717, 1.165) is 0 Å². The molecule has 0 amide bonds. The molecule has 0 radical (unpaired) electrons. The van der Waals surface area contributed by atoms with Gasteiger partial charge in [-0.05, 0) is 12.2 Å². The molecule has 1 heterocycles. The predicted molar refractivity (Wildman–Crippen MR) is 36.1 cm³/mol. The van der Waals surface area contributed by atoms with Crippen LogP contribution in [0.25, 0.3) is 0 Å². The van der Waals surface area contributed by atoms with E-state index in [1.807, 2.05) is 12.2 Å². The van der Waals surface area contributed by atoms with E-state index in [2.05, 4.69) is 22.3 Å². The van der Waals surface area contributed by atoms with E-state index in [-0.39, 0.29) is 6.23 Å². The van der Waals surface area contributed by atoms with Crippen molar-refractivity contribution in [3.05, 3.63) is 24.5 Å². The molecule has 0 unspecified atom stereocenters. The Kier molecular flexibility index (Phi) is 2.21. The minimum absolute atomic E-state index is 0.188. The van der Waals surface area contributed by atoms with Gasteiger partial charge in [-0.2, -0.15) is 0 Å². The summed E-state index contributed by atoms with van der Waals surface area (Å²) in [5.74, 6) is 0. The molecule has 0 aromatic carbocycles. The van der Waals surface area contributed by atoms with E-state index in [4.69, 9.17) is 4.74 Å². The smallest absolute Gasteiger partial charge is 0.204 e. The highest BCUT2D eigenvalue weighted by Crippen LogP contribution is 1.97. The minimum Gasteiger partial charge on any atom is -0.473 e. The summed E-state index contributed by atoms with van der Waals surface area (Å²) >= 11 is 4.31. The number of hydrogen-bond donors (Lipinski definition) is 1. The monoisotopic (exact) mass is 142 g/mol. The fourth-order valence-corrected chi connectivity index (χ4v) is 0.615. The van der Waals surface area contributed by atoms with Crippen LogP contribution in [0.1, 0.15) is 0 Å². The Bertz CT molecular complexity index is 153. The van der Waals surface area contributed by atoms with Gasteiger partial charge in [0.15, 0.2) is 0 Å². The van der Waals surface area contributed by atoms with E-state index in [1.165, 1.54) is 0 Å². The maximum absolute atomic E-state index is 4.98. The van der Waals surface area contributed by atoms with Gasteiger partial charge < -0.3 is 4.74 Å². The molecule has 0 aromatic heterocycles. The van der Waals surface area contributed by atoms with E-state index in [1.54, 1.807) is 12.3 Å². The normalized spacial score (nSPS) is 22.9. The molecule has 0 saturated heterocycles. The third kappa shape index (κ3) is 1.81. The van der Waals surface area contributed by atoms with Crippen molar-refractivity contribution >= 4 is 12.4 Å². The quantitative estimate of drug-likeness (QED) is 0.575. The third-order valence-corrected chi connectivity index (χ3v) is 0.986.